The zero-order valence-electron chi connectivity index (χ0n) is 10.1. The van der Waals surface area contributed by atoms with Crippen molar-refractivity contribution in [1.29, 1.82) is 0 Å². The summed E-state index contributed by atoms with van der Waals surface area (Å²) in [6.07, 6.45) is 4.81. The van der Waals surface area contributed by atoms with E-state index in [2.05, 4.69) is 4.98 Å². The fourth-order valence-corrected chi connectivity index (χ4v) is 3.29. The Morgan fingerprint density at radius 1 is 1.59 bits per heavy atom. The summed E-state index contributed by atoms with van der Waals surface area (Å²) in [6, 6.07) is 0.242. The van der Waals surface area contributed by atoms with E-state index in [4.69, 9.17) is 5.73 Å². The lowest BCUT2D eigenvalue weighted by molar-refractivity contribution is 0.227. The van der Waals surface area contributed by atoms with E-state index in [-0.39, 0.29) is 11.1 Å². The minimum atomic E-state index is -3.45. The van der Waals surface area contributed by atoms with E-state index in [0.717, 1.165) is 12.8 Å². The number of rotatable bonds is 4. The van der Waals surface area contributed by atoms with Crippen molar-refractivity contribution in [3.8, 4) is 0 Å². The molecule has 0 spiro atoms. The summed E-state index contributed by atoms with van der Waals surface area (Å²) >= 11 is 0. The van der Waals surface area contributed by atoms with Gasteiger partial charge >= 0.3 is 0 Å². The van der Waals surface area contributed by atoms with E-state index >= 15 is 0 Å². The van der Waals surface area contributed by atoms with Crippen LogP contribution < -0.4 is 5.73 Å². The number of sulfonamides is 1. The molecule has 2 rings (SSSR count). The predicted molar refractivity (Wildman–Crippen MR) is 63.7 cm³/mol. The van der Waals surface area contributed by atoms with Crippen molar-refractivity contribution < 1.29 is 8.42 Å². The van der Waals surface area contributed by atoms with E-state index in [9.17, 15) is 8.42 Å². The highest BCUT2D eigenvalue weighted by atomic mass is 32.2. The van der Waals surface area contributed by atoms with Crippen LogP contribution in [0.1, 0.15) is 12.8 Å². The van der Waals surface area contributed by atoms with Gasteiger partial charge in [-0.3, -0.25) is 0 Å². The van der Waals surface area contributed by atoms with Gasteiger partial charge in [0.2, 0.25) is 0 Å². The Morgan fingerprint density at radius 3 is 2.71 bits per heavy atom. The van der Waals surface area contributed by atoms with Crippen molar-refractivity contribution in [2.45, 2.75) is 23.9 Å². The van der Waals surface area contributed by atoms with Gasteiger partial charge in [0.05, 0.1) is 6.33 Å². The summed E-state index contributed by atoms with van der Waals surface area (Å²) in [7, 11) is -0.108. The molecular formula is C10H18N4O2S. The molecule has 2 N–H and O–H groups in total. The summed E-state index contributed by atoms with van der Waals surface area (Å²) < 4.78 is 27.2. The van der Waals surface area contributed by atoms with Gasteiger partial charge in [0.1, 0.15) is 0 Å². The molecule has 1 heterocycles. The lowest BCUT2D eigenvalue weighted by Crippen LogP contribution is -2.43. The van der Waals surface area contributed by atoms with Crippen LogP contribution in [0.5, 0.6) is 0 Å². The van der Waals surface area contributed by atoms with Crippen LogP contribution in [0.3, 0.4) is 0 Å². The van der Waals surface area contributed by atoms with Crippen molar-refractivity contribution in [2.24, 2.45) is 18.7 Å². The average Bonchev–Trinajstić information content (AvgIpc) is 2.63. The molecule has 1 fully saturated rings. The maximum atomic E-state index is 12.1. The quantitative estimate of drug-likeness (QED) is 0.809. The molecule has 0 atom stereocenters. The van der Waals surface area contributed by atoms with Crippen molar-refractivity contribution >= 4 is 10.0 Å². The first kappa shape index (κ1) is 12.5. The molecule has 0 amide bonds. The third-order valence-electron chi connectivity index (χ3n) is 3.14. The first-order chi connectivity index (χ1) is 7.89. The third-order valence-corrected chi connectivity index (χ3v) is 4.85. The zero-order chi connectivity index (χ0) is 12.6. The molecule has 96 valence electrons. The van der Waals surface area contributed by atoms with Gasteiger partial charge in [0, 0.05) is 32.9 Å². The predicted octanol–water partition coefficient (Wildman–Crippen LogP) is -0.222. The Bertz CT molecular complexity index is 490. The van der Waals surface area contributed by atoms with Gasteiger partial charge in [-0.05, 0) is 18.8 Å². The minimum Gasteiger partial charge on any atom is -0.339 e. The molecule has 0 radical (unpaired) electrons. The van der Waals surface area contributed by atoms with Gasteiger partial charge in [0.15, 0.2) is 5.03 Å². The highest BCUT2D eigenvalue weighted by Crippen LogP contribution is 2.27. The minimum absolute atomic E-state index is 0.103. The molecule has 1 saturated carbocycles. The van der Waals surface area contributed by atoms with Crippen molar-refractivity contribution in [3.63, 3.8) is 0 Å². The normalized spacial score (nSPS) is 24.9. The van der Waals surface area contributed by atoms with Crippen molar-refractivity contribution in [2.75, 3.05) is 13.6 Å². The molecule has 1 aliphatic carbocycles. The monoisotopic (exact) mass is 258 g/mol. The summed E-state index contributed by atoms with van der Waals surface area (Å²) in [5.74, 6) is 0.383. The molecule has 0 aromatic carbocycles. The van der Waals surface area contributed by atoms with E-state index in [1.54, 1.807) is 18.7 Å². The maximum Gasteiger partial charge on any atom is 0.261 e. The molecule has 7 heteroatoms. The van der Waals surface area contributed by atoms with Crippen LogP contribution in [0.15, 0.2) is 17.6 Å². The average molecular weight is 258 g/mol. The maximum absolute atomic E-state index is 12.1. The molecule has 0 bridgehead atoms. The molecule has 0 saturated heterocycles. The van der Waals surface area contributed by atoms with Crippen LogP contribution >= 0.6 is 0 Å². The number of aromatic nitrogens is 2. The Hall–Kier alpha value is -0.920. The number of aryl methyl sites for hydroxylation is 1. The molecular weight excluding hydrogens is 240 g/mol. The van der Waals surface area contributed by atoms with E-state index in [1.165, 1.54) is 16.8 Å². The van der Waals surface area contributed by atoms with Gasteiger partial charge in [-0.1, -0.05) is 0 Å². The molecule has 1 aromatic heterocycles. The molecule has 0 unspecified atom stereocenters. The van der Waals surface area contributed by atoms with Crippen molar-refractivity contribution in [3.05, 3.63) is 12.5 Å². The Morgan fingerprint density at radius 2 is 2.24 bits per heavy atom. The number of nitrogens with zero attached hydrogens (tertiary/aromatic N) is 3. The SMILES string of the molecule is CN(CC1CC(N)C1)S(=O)(=O)c1cn(C)cn1. The van der Waals surface area contributed by atoms with Gasteiger partial charge in [-0.2, -0.15) is 4.31 Å². The summed E-state index contributed by atoms with van der Waals surface area (Å²) in [4.78, 5) is 3.88. The van der Waals surface area contributed by atoms with E-state index < -0.39 is 10.0 Å². The van der Waals surface area contributed by atoms with Gasteiger partial charge in [0.25, 0.3) is 10.0 Å². The topological polar surface area (TPSA) is 81.2 Å². The Balaban J connectivity index is 2.05. The van der Waals surface area contributed by atoms with Crippen LogP contribution in [-0.2, 0) is 17.1 Å². The van der Waals surface area contributed by atoms with Crippen LogP contribution in [0.4, 0.5) is 0 Å². The summed E-state index contributed by atoms with van der Waals surface area (Å²) in [5.41, 5.74) is 5.68. The highest BCUT2D eigenvalue weighted by Gasteiger charge is 2.31. The number of imidazole rings is 1. The van der Waals surface area contributed by atoms with Gasteiger partial charge < -0.3 is 10.3 Å². The molecule has 1 aromatic rings. The third kappa shape index (κ3) is 2.51. The van der Waals surface area contributed by atoms with Crippen LogP contribution in [0.2, 0.25) is 0 Å². The standard InChI is InChI=1S/C10H18N4O2S/c1-13-6-10(12-7-13)17(15,16)14(2)5-8-3-9(11)4-8/h6-9H,3-5,11H2,1-2H3. The largest absolute Gasteiger partial charge is 0.339 e. The first-order valence-corrected chi connectivity index (χ1v) is 7.03. The molecule has 0 aliphatic heterocycles. The van der Waals surface area contributed by atoms with Gasteiger partial charge in [-0.25, -0.2) is 13.4 Å². The lowest BCUT2D eigenvalue weighted by atomic mass is 9.81. The second-order valence-electron chi connectivity index (χ2n) is 4.76. The first-order valence-electron chi connectivity index (χ1n) is 5.59. The molecule has 17 heavy (non-hydrogen) atoms. The fraction of sp³-hybridized carbons (Fsp3) is 0.700. The fourth-order valence-electron chi connectivity index (χ4n) is 2.08. The van der Waals surface area contributed by atoms with E-state index in [0.29, 0.717) is 12.5 Å². The van der Waals surface area contributed by atoms with Crippen LogP contribution in [0, 0.1) is 5.92 Å². The summed E-state index contributed by atoms with van der Waals surface area (Å²) in [5, 5.41) is 0.103. The highest BCUT2D eigenvalue weighted by molar-refractivity contribution is 7.89. The van der Waals surface area contributed by atoms with E-state index in [1.807, 2.05) is 0 Å². The Labute approximate surface area is 101 Å². The molecule has 1 aliphatic rings. The van der Waals surface area contributed by atoms with Crippen LogP contribution in [0.25, 0.3) is 0 Å². The number of nitrogens with two attached hydrogens (primary N) is 1. The van der Waals surface area contributed by atoms with Gasteiger partial charge in [-0.15, -0.1) is 0 Å². The smallest absolute Gasteiger partial charge is 0.261 e. The second kappa shape index (κ2) is 4.40. The number of hydrogen-bond acceptors (Lipinski definition) is 4. The number of hydrogen-bond donors (Lipinski definition) is 1. The Kier molecular flexibility index (Phi) is 3.24. The van der Waals surface area contributed by atoms with Crippen molar-refractivity contribution in [1.82, 2.24) is 13.9 Å². The zero-order valence-corrected chi connectivity index (χ0v) is 10.9. The van der Waals surface area contributed by atoms with Crippen LogP contribution in [-0.4, -0.2) is 41.9 Å². The second-order valence-corrected chi connectivity index (χ2v) is 6.75. The lowest BCUT2D eigenvalue weighted by Gasteiger charge is -2.34. The summed E-state index contributed by atoms with van der Waals surface area (Å²) in [6.45, 7) is 0.520. The molecule has 6 nitrogen and oxygen atoms in total.